The van der Waals surface area contributed by atoms with E-state index in [4.69, 9.17) is 0 Å². The van der Waals surface area contributed by atoms with Crippen LogP contribution < -0.4 is 16.0 Å². The Morgan fingerprint density at radius 2 is 1.72 bits per heavy atom. The minimum atomic E-state index is -4.61. The Labute approximate surface area is 178 Å². The molecule has 1 aliphatic carbocycles. The Kier molecular flexibility index (Phi) is 5.82. The van der Waals surface area contributed by atoms with Crippen LogP contribution in [0.1, 0.15) is 31.5 Å². The van der Waals surface area contributed by atoms with E-state index in [1.54, 1.807) is 0 Å². The van der Waals surface area contributed by atoms with E-state index in [-0.39, 0.29) is 48.5 Å². The molecule has 0 saturated heterocycles. The summed E-state index contributed by atoms with van der Waals surface area (Å²) in [7, 11) is 0. The van der Waals surface area contributed by atoms with Crippen molar-refractivity contribution in [2.75, 3.05) is 23.7 Å². The number of aromatic nitrogens is 3. The van der Waals surface area contributed by atoms with Crippen LogP contribution in [0.4, 0.5) is 38.2 Å². The molecular formula is C19H19F6N7. The molecule has 1 aromatic rings. The van der Waals surface area contributed by atoms with Crippen molar-refractivity contribution in [3.05, 3.63) is 41.1 Å². The Morgan fingerprint density at radius 1 is 0.969 bits per heavy atom. The number of aliphatic imine (C=N–C) groups is 1. The van der Waals surface area contributed by atoms with E-state index in [0.717, 1.165) is 25.0 Å². The zero-order valence-electron chi connectivity index (χ0n) is 16.6. The van der Waals surface area contributed by atoms with Crippen LogP contribution in [0.2, 0.25) is 0 Å². The van der Waals surface area contributed by atoms with Gasteiger partial charge in [-0.25, -0.2) is 4.99 Å². The molecule has 0 amide bonds. The summed E-state index contributed by atoms with van der Waals surface area (Å²) < 4.78 is 78.2. The monoisotopic (exact) mass is 459 g/mol. The molecule has 0 aromatic carbocycles. The summed E-state index contributed by atoms with van der Waals surface area (Å²) in [5.41, 5.74) is -1.83. The number of rotatable bonds is 6. The SMILES string of the molecule is FC(F)(F)C1=CCCC(c2nc(NCC3CC3)nc(NC3=CCNC(C(F)(F)F)=C3)n2)=N1. The Hall–Kier alpha value is -3.12. The minimum Gasteiger partial charge on any atom is -0.377 e. The van der Waals surface area contributed by atoms with Gasteiger partial charge in [0.2, 0.25) is 11.9 Å². The van der Waals surface area contributed by atoms with Crippen molar-refractivity contribution in [2.24, 2.45) is 10.9 Å². The predicted molar refractivity (Wildman–Crippen MR) is 105 cm³/mol. The van der Waals surface area contributed by atoms with Crippen molar-refractivity contribution < 1.29 is 26.3 Å². The van der Waals surface area contributed by atoms with Crippen molar-refractivity contribution in [2.45, 2.75) is 38.0 Å². The number of dihydropyridines is 1. The predicted octanol–water partition coefficient (Wildman–Crippen LogP) is 4.07. The fraction of sp³-hybridized carbons (Fsp3) is 0.474. The van der Waals surface area contributed by atoms with E-state index < -0.39 is 23.7 Å². The lowest BCUT2D eigenvalue weighted by atomic mass is 10.1. The largest absolute Gasteiger partial charge is 0.433 e. The van der Waals surface area contributed by atoms with Crippen LogP contribution in [-0.4, -0.2) is 46.1 Å². The van der Waals surface area contributed by atoms with Gasteiger partial charge in [0.1, 0.15) is 11.4 Å². The number of hydrogen-bond acceptors (Lipinski definition) is 7. The van der Waals surface area contributed by atoms with E-state index in [0.29, 0.717) is 12.5 Å². The van der Waals surface area contributed by atoms with Gasteiger partial charge in [-0.2, -0.15) is 41.3 Å². The van der Waals surface area contributed by atoms with Crippen LogP contribution >= 0.6 is 0 Å². The van der Waals surface area contributed by atoms with Crippen molar-refractivity contribution in [1.29, 1.82) is 0 Å². The van der Waals surface area contributed by atoms with Crippen LogP contribution in [0, 0.1) is 5.92 Å². The quantitative estimate of drug-likeness (QED) is 0.556. The highest BCUT2D eigenvalue weighted by molar-refractivity contribution is 5.99. The van der Waals surface area contributed by atoms with Gasteiger partial charge >= 0.3 is 12.4 Å². The molecular weight excluding hydrogens is 440 g/mol. The van der Waals surface area contributed by atoms with E-state index in [9.17, 15) is 26.3 Å². The van der Waals surface area contributed by atoms with Crippen LogP contribution in [-0.2, 0) is 0 Å². The van der Waals surface area contributed by atoms with Gasteiger partial charge < -0.3 is 16.0 Å². The number of nitrogens with zero attached hydrogens (tertiary/aromatic N) is 4. The lowest BCUT2D eigenvalue weighted by Crippen LogP contribution is -2.30. The summed E-state index contributed by atoms with van der Waals surface area (Å²) in [6.45, 7) is 0.513. The Balaban J connectivity index is 1.63. The molecule has 0 bridgehead atoms. The average Bonchev–Trinajstić information content (AvgIpc) is 3.56. The highest BCUT2D eigenvalue weighted by Gasteiger charge is 2.36. The zero-order valence-corrected chi connectivity index (χ0v) is 16.6. The molecule has 1 saturated carbocycles. The molecule has 3 N–H and O–H groups in total. The molecule has 0 atom stereocenters. The van der Waals surface area contributed by atoms with Gasteiger partial charge in [-0.05, 0) is 43.8 Å². The first-order chi connectivity index (χ1) is 15.1. The third-order valence-corrected chi connectivity index (χ3v) is 4.88. The van der Waals surface area contributed by atoms with Gasteiger partial charge in [-0.3, -0.25) is 0 Å². The van der Waals surface area contributed by atoms with Gasteiger partial charge in [0, 0.05) is 18.8 Å². The molecule has 172 valence electrons. The zero-order chi connectivity index (χ0) is 22.9. The molecule has 1 aromatic heterocycles. The fourth-order valence-corrected chi connectivity index (χ4v) is 3.07. The highest BCUT2D eigenvalue weighted by atomic mass is 19.4. The topological polar surface area (TPSA) is 87.1 Å². The molecule has 4 rings (SSSR count). The molecule has 32 heavy (non-hydrogen) atoms. The van der Waals surface area contributed by atoms with Gasteiger partial charge in [0.05, 0.1) is 5.71 Å². The summed E-state index contributed by atoms with van der Waals surface area (Å²) in [5.74, 6) is 0.419. The molecule has 0 radical (unpaired) electrons. The maximum atomic E-state index is 13.1. The maximum Gasteiger partial charge on any atom is 0.433 e. The second kappa shape index (κ2) is 8.43. The van der Waals surface area contributed by atoms with Crippen LogP contribution in [0.5, 0.6) is 0 Å². The number of nitrogens with one attached hydrogen (secondary N) is 3. The average molecular weight is 459 g/mol. The summed E-state index contributed by atoms with van der Waals surface area (Å²) >= 11 is 0. The second-order valence-corrected chi connectivity index (χ2v) is 7.54. The Morgan fingerprint density at radius 3 is 2.41 bits per heavy atom. The fourth-order valence-electron chi connectivity index (χ4n) is 3.07. The van der Waals surface area contributed by atoms with Gasteiger partial charge in [-0.15, -0.1) is 0 Å². The summed E-state index contributed by atoms with van der Waals surface area (Å²) in [5, 5.41) is 7.95. The standard InChI is InChI=1S/C19H19F6N7/c20-18(21,22)13-3-1-2-12(29-13)15-30-16(27-9-10-4-5-10)32-17(31-15)28-11-6-7-26-14(8-11)19(23,24)25/h3,6,8,10,26H,1-2,4-5,7,9H2,(H2,27,28,30,31,32). The molecule has 3 aliphatic rings. The van der Waals surface area contributed by atoms with E-state index in [1.807, 2.05) is 0 Å². The Bertz CT molecular complexity index is 1000. The minimum absolute atomic E-state index is 0.0329. The number of anilines is 2. The van der Waals surface area contributed by atoms with E-state index in [1.165, 1.54) is 6.08 Å². The van der Waals surface area contributed by atoms with E-state index in [2.05, 4.69) is 35.9 Å². The third-order valence-electron chi connectivity index (χ3n) is 4.88. The lowest BCUT2D eigenvalue weighted by Gasteiger charge is -2.19. The summed E-state index contributed by atoms with van der Waals surface area (Å²) in [6.07, 6.45) is -3.42. The van der Waals surface area contributed by atoms with Gasteiger partial charge in [-0.1, -0.05) is 6.08 Å². The van der Waals surface area contributed by atoms with E-state index >= 15 is 0 Å². The van der Waals surface area contributed by atoms with Crippen LogP contribution in [0.15, 0.2) is 40.3 Å². The van der Waals surface area contributed by atoms with Crippen molar-refractivity contribution in [3.8, 4) is 0 Å². The molecule has 1 fully saturated rings. The number of alkyl halides is 6. The number of allylic oxidation sites excluding steroid dienone is 4. The number of hydrogen-bond donors (Lipinski definition) is 3. The highest BCUT2D eigenvalue weighted by Crippen LogP contribution is 2.31. The van der Waals surface area contributed by atoms with Gasteiger partial charge in [0.15, 0.2) is 5.82 Å². The molecule has 0 spiro atoms. The first-order valence-electron chi connectivity index (χ1n) is 9.93. The molecule has 13 heteroatoms. The van der Waals surface area contributed by atoms with Crippen LogP contribution in [0.25, 0.3) is 0 Å². The molecule has 7 nitrogen and oxygen atoms in total. The number of halogens is 6. The lowest BCUT2D eigenvalue weighted by molar-refractivity contribution is -0.0968. The smallest absolute Gasteiger partial charge is 0.377 e. The van der Waals surface area contributed by atoms with Crippen molar-refractivity contribution in [3.63, 3.8) is 0 Å². The first-order valence-corrected chi connectivity index (χ1v) is 9.93. The summed E-state index contributed by atoms with van der Waals surface area (Å²) in [4.78, 5) is 16.2. The molecule has 3 heterocycles. The summed E-state index contributed by atoms with van der Waals surface area (Å²) in [6, 6.07) is 0. The van der Waals surface area contributed by atoms with Crippen molar-refractivity contribution in [1.82, 2.24) is 20.3 Å². The molecule has 0 unspecified atom stereocenters. The third kappa shape index (κ3) is 5.56. The van der Waals surface area contributed by atoms with Crippen molar-refractivity contribution >= 4 is 17.6 Å². The van der Waals surface area contributed by atoms with Gasteiger partial charge in [0.25, 0.3) is 0 Å². The normalized spacial score (nSPS) is 19.3. The first kappa shape index (κ1) is 22.1. The maximum absolute atomic E-state index is 13.1. The molecule has 2 aliphatic heterocycles. The van der Waals surface area contributed by atoms with Crippen LogP contribution in [0.3, 0.4) is 0 Å². The second-order valence-electron chi connectivity index (χ2n) is 7.54.